The lowest BCUT2D eigenvalue weighted by Gasteiger charge is -2.20. The van der Waals surface area contributed by atoms with E-state index in [1.807, 2.05) is 6.07 Å². The number of para-hydroxylation sites is 4. The predicted molar refractivity (Wildman–Crippen MR) is 163 cm³/mol. The summed E-state index contributed by atoms with van der Waals surface area (Å²) in [7, 11) is 0. The fourth-order valence-electron chi connectivity index (χ4n) is 5.85. The minimum atomic E-state index is 0.374. The average molecular weight is 507 g/mol. The summed E-state index contributed by atoms with van der Waals surface area (Å²) in [5.74, 6) is 1.28. The molecule has 0 N–H and O–H groups in total. The normalized spacial score (nSPS) is 11.8. The molecule has 7 rings (SSSR count). The first-order chi connectivity index (χ1) is 19.1. The molecule has 0 fully saturated rings. The van der Waals surface area contributed by atoms with Crippen molar-refractivity contribution in [2.45, 2.75) is 33.1 Å². The highest BCUT2D eigenvalue weighted by molar-refractivity contribution is 6.10. The molecular weight excluding hydrogens is 476 g/mol. The minimum Gasteiger partial charge on any atom is -0.455 e. The second kappa shape index (κ2) is 9.28. The lowest BCUT2D eigenvalue weighted by Crippen LogP contribution is -2.07. The molecule has 0 unspecified atom stereocenters. The van der Waals surface area contributed by atoms with E-state index in [1.165, 1.54) is 22.4 Å². The van der Waals surface area contributed by atoms with Crippen molar-refractivity contribution in [1.29, 1.82) is 0 Å². The molecule has 3 heteroatoms. The van der Waals surface area contributed by atoms with Crippen molar-refractivity contribution in [3.8, 4) is 28.2 Å². The summed E-state index contributed by atoms with van der Waals surface area (Å²) in [6.07, 6.45) is 0.943. The summed E-state index contributed by atoms with van der Waals surface area (Å²) in [6.45, 7) is 6.76. The highest BCUT2D eigenvalue weighted by Gasteiger charge is 2.23. The van der Waals surface area contributed by atoms with Gasteiger partial charge in [0.05, 0.1) is 22.3 Å². The molecule has 0 aliphatic rings. The molecule has 0 amide bonds. The molecule has 0 saturated carbocycles. The molecule has 0 saturated heterocycles. The fourth-order valence-corrected chi connectivity index (χ4v) is 5.85. The predicted octanol–water partition coefficient (Wildman–Crippen LogP) is 9.94. The van der Waals surface area contributed by atoms with E-state index < -0.39 is 0 Å². The molecule has 7 aromatic rings. The van der Waals surface area contributed by atoms with Gasteiger partial charge in [0.25, 0.3) is 0 Å². The van der Waals surface area contributed by atoms with Gasteiger partial charge in [-0.25, -0.2) is 4.98 Å². The van der Waals surface area contributed by atoms with Crippen LogP contribution >= 0.6 is 0 Å². The van der Waals surface area contributed by atoms with Crippen LogP contribution in [0.2, 0.25) is 0 Å². The van der Waals surface area contributed by atoms with Gasteiger partial charge in [-0.15, -0.1) is 0 Å². The van der Waals surface area contributed by atoms with Gasteiger partial charge in [-0.2, -0.15) is 0 Å². The van der Waals surface area contributed by atoms with Crippen molar-refractivity contribution in [1.82, 2.24) is 9.55 Å². The highest BCUT2D eigenvalue weighted by atomic mass is 16.3. The van der Waals surface area contributed by atoms with E-state index in [1.54, 1.807) is 0 Å². The maximum absolute atomic E-state index is 6.67. The van der Waals surface area contributed by atoms with Crippen molar-refractivity contribution in [2.75, 3.05) is 0 Å². The summed E-state index contributed by atoms with van der Waals surface area (Å²) in [6, 6.07) is 38.5. The van der Waals surface area contributed by atoms with Crippen LogP contribution in [0.5, 0.6) is 0 Å². The van der Waals surface area contributed by atoms with Crippen LogP contribution in [0.1, 0.15) is 37.8 Å². The zero-order chi connectivity index (χ0) is 26.5. The van der Waals surface area contributed by atoms with Crippen LogP contribution in [0.4, 0.5) is 0 Å². The van der Waals surface area contributed by atoms with Gasteiger partial charge in [0.2, 0.25) is 0 Å². The van der Waals surface area contributed by atoms with E-state index in [0.717, 1.165) is 56.3 Å². The molecule has 0 radical (unpaired) electrons. The lowest BCUT2D eigenvalue weighted by molar-refractivity contribution is 0.669. The third-order valence-corrected chi connectivity index (χ3v) is 7.78. The van der Waals surface area contributed by atoms with Crippen LogP contribution in [0.3, 0.4) is 0 Å². The Morgan fingerprint density at radius 1 is 0.744 bits per heavy atom. The SMILES string of the molecule is CCc1cccc(C(C)C)c1-n1c(-c2cccc3c2oc2cc(-c4ccccc4)ccc23)nc2ccccc21. The number of furan rings is 1. The second-order valence-electron chi connectivity index (χ2n) is 10.5. The zero-order valence-electron chi connectivity index (χ0n) is 22.5. The van der Waals surface area contributed by atoms with Crippen LogP contribution in [-0.2, 0) is 6.42 Å². The summed E-state index contributed by atoms with van der Waals surface area (Å²) in [5.41, 5.74) is 11.0. The number of hydrogen-bond acceptors (Lipinski definition) is 2. The van der Waals surface area contributed by atoms with Crippen molar-refractivity contribution < 1.29 is 4.42 Å². The van der Waals surface area contributed by atoms with E-state index in [0.29, 0.717) is 5.92 Å². The van der Waals surface area contributed by atoms with Crippen molar-refractivity contribution in [3.05, 3.63) is 120 Å². The molecular formula is C36H30N2O. The molecule has 5 aromatic carbocycles. The molecule has 0 atom stereocenters. The first-order valence-electron chi connectivity index (χ1n) is 13.7. The summed E-state index contributed by atoms with van der Waals surface area (Å²) < 4.78 is 9.03. The highest BCUT2D eigenvalue weighted by Crippen LogP contribution is 2.40. The second-order valence-corrected chi connectivity index (χ2v) is 10.5. The van der Waals surface area contributed by atoms with Gasteiger partial charge in [0.15, 0.2) is 0 Å². The van der Waals surface area contributed by atoms with Gasteiger partial charge in [-0.3, -0.25) is 4.57 Å². The van der Waals surface area contributed by atoms with Crippen LogP contribution in [-0.4, -0.2) is 9.55 Å². The smallest absolute Gasteiger partial charge is 0.149 e. The number of benzene rings is 5. The molecule has 0 spiro atoms. The molecule has 3 nitrogen and oxygen atoms in total. The largest absolute Gasteiger partial charge is 0.455 e. The number of hydrogen-bond donors (Lipinski definition) is 0. The lowest BCUT2D eigenvalue weighted by atomic mass is 9.96. The molecule has 0 aliphatic heterocycles. The van der Waals surface area contributed by atoms with Gasteiger partial charge >= 0.3 is 0 Å². The van der Waals surface area contributed by atoms with Gasteiger partial charge in [-0.05, 0) is 64.9 Å². The van der Waals surface area contributed by atoms with Crippen molar-refractivity contribution in [3.63, 3.8) is 0 Å². The molecule has 39 heavy (non-hydrogen) atoms. The van der Waals surface area contributed by atoms with Crippen molar-refractivity contribution in [2.24, 2.45) is 0 Å². The van der Waals surface area contributed by atoms with Gasteiger partial charge in [0, 0.05) is 10.8 Å². The van der Waals surface area contributed by atoms with E-state index >= 15 is 0 Å². The topological polar surface area (TPSA) is 31.0 Å². The Labute approximate surface area is 228 Å². The van der Waals surface area contributed by atoms with E-state index in [9.17, 15) is 0 Å². The Bertz CT molecular complexity index is 1970. The van der Waals surface area contributed by atoms with Gasteiger partial charge in [-0.1, -0.05) is 99.6 Å². The molecule has 0 aliphatic carbocycles. The van der Waals surface area contributed by atoms with Gasteiger partial charge < -0.3 is 4.42 Å². The minimum absolute atomic E-state index is 0.374. The van der Waals surface area contributed by atoms with E-state index in [-0.39, 0.29) is 0 Å². The number of fused-ring (bicyclic) bond motifs is 4. The molecule has 190 valence electrons. The van der Waals surface area contributed by atoms with Gasteiger partial charge in [0.1, 0.15) is 17.0 Å². The third kappa shape index (κ3) is 3.77. The number of aryl methyl sites for hydroxylation is 1. The third-order valence-electron chi connectivity index (χ3n) is 7.78. The van der Waals surface area contributed by atoms with E-state index in [2.05, 4.69) is 128 Å². The Morgan fingerprint density at radius 2 is 1.54 bits per heavy atom. The van der Waals surface area contributed by atoms with Crippen molar-refractivity contribution >= 4 is 33.0 Å². The monoisotopic (exact) mass is 506 g/mol. The fraction of sp³-hybridized carbons (Fsp3) is 0.139. The number of aromatic nitrogens is 2. The summed E-state index contributed by atoms with van der Waals surface area (Å²) in [5, 5.41) is 2.22. The van der Waals surface area contributed by atoms with Crippen LogP contribution in [0.15, 0.2) is 114 Å². The molecule has 2 heterocycles. The van der Waals surface area contributed by atoms with Crippen LogP contribution in [0, 0.1) is 0 Å². The Morgan fingerprint density at radius 3 is 2.36 bits per heavy atom. The quantitative estimate of drug-likeness (QED) is 0.233. The Kier molecular flexibility index (Phi) is 5.59. The molecule has 2 aromatic heterocycles. The van der Waals surface area contributed by atoms with Crippen LogP contribution in [0.25, 0.3) is 61.2 Å². The Hall–Kier alpha value is -4.63. The Balaban J connectivity index is 1.53. The maximum Gasteiger partial charge on any atom is 0.149 e. The summed E-state index contributed by atoms with van der Waals surface area (Å²) in [4.78, 5) is 5.22. The first-order valence-corrected chi connectivity index (χ1v) is 13.7. The standard InChI is InChI=1S/C36H30N2O/c1-4-24-14-10-15-27(23(2)3)34(24)38-32-19-9-8-18-31(32)37-36(38)30-17-11-16-29-28-21-20-26(22-33(28)39-35(29)30)25-12-6-5-7-13-25/h5-23H,4H2,1-3H3. The zero-order valence-corrected chi connectivity index (χ0v) is 22.5. The number of nitrogens with zero attached hydrogens (tertiary/aromatic N) is 2. The average Bonchev–Trinajstić information content (AvgIpc) is 3.55. The summed E-state index contributed by atoms with van der Waals surface area (Å²) >= 11 is 0. The van der Waals surface area contributed by atoms with Crippen LogP contribution < -0.4 is 0 Å². The number of imidazole rings is 1. The molecule has 0 bridgehead atoms. The maximum atomic E-state index is 6.67. The number of rotatable bonds is 5. The van der Waals surface area contributed by atoms with E-state index in [4.69, 9.17) is 9.40 Å². The first kappa shape index (κ1) is 23.5.